The predicted octanol–water partition coefficient (Wildman–Crippen LogP) is 3.65. The van der Waals surface area contributed by atoms with Crippen LogP contribution < -0.4 is 15.3 Å². The molecule has 0 saturated carbocycles. The van der Waals surface area contributed by atoms with Crippen LogP contribution in [0.1, 0.15) is 32.6 Å². The molecule has 4 aromatic rings. The maximum atomic E-state index is 14.1. The van der Waals surface area contributed by atoms with Crippen molar-refractivity contribution in [3.8, 4) is 5.75 Å². The van der Waals surface area contributed by atoms with Gasteiger partial charge in [0.2, 0.25) is 0 Å². The summed E-state index contributed by atoms with van der Waals surface area (Å²) < 4.78 is 38.7. The standard InChI is InChI=1S/C27H32N5O7P/c1-4-36-27(34)17(3)31-40(35,39-22-11-7-9-18-8-5-6-10-19(18)22)37-14-23-24(33)16(2)25(38-23)20-12-13-21-26(28)29-15-30-32(20)21/h5-13,15-17,23-25,33H,4,14H2,1-3H3,(H,31,35)(H2,28,29,30). The summed E-state index contributed by atoms with van der Waals surface area (Å²) in [7, 11) is -4.19. The molecule has 3 heterocycles. The molecular formula is C27H32N5O7P. The van der Waals surface area contributed by atoms with E-state index in [1.807, 2.05) is 43.3 Å². The van der Waals surface area contributed by atoms with E-state index in [-0.39, 0.29) is 19.1 Å². The molecule has 6 unspecified atom stereocenters. The van der Waals surface area contributed by atoms with Gasteiger partial charge in [0.1, 0.15) is 35.8 Å². The van der Waals surface area contributed by atoms with Crippen LogP contribution in [0.4, 0.5) is 5.82 Å². The maximum absolute atomic E-state index is 14.1. The third kappa shape index (κ3) is 5.54. The first-order chi connectivity index (χ1) is 19.2. The molecule has 1 aliphatic heterocycles. The van der Waals surface area contributed by atoms with E-state index < -0.39 is 38.1 Å². The van der Waals surface area contributed by atoms with E-state index in [0.29, 0.717) is 28.2 Å². The van der Waals surface area contributed by atoms with Gasteiger partial charge in [0.05, 0.1) is 25.0 Å². The summed E-state index contributed by atoms with van der Waals surface area (Å²) in [5.41, 5.74) is 7.26. The number of aliphatic hydroxyl groups is 1. The van der Waals surface area contributed by atoms with Crippen molar-refractivity contribution in [2.75, 3.05) is 18.9 Å². The number of nitrogens with zero attached hydrogens (tertiary/aromatic N) is 3. The highest BCUT2D eigenvalue weighted by molar-refractivity contribution is 7.52. The Kier molecular flexibility index (Phi) is 8.07. The monoisotopic (exact) mass is 569 g/mol. The number of benzene rings is 2. The molecule has 2 aromatic heterocycles. The number of ether oxygens (including phenoxy) is 2. The van der Waals surface area contributed by atoms with Crippen molar-refractivity contribution in [1.82, 2.24) is 19.7 Å². The van der Waals surface area contributed by atoms with Gasteiger partial charge in [0.15, 0.2) is 5.82 Å². The third-order valence-corrected chi connectivity index (χ3v) is 8.52. The van der Waals surface area contributed by atoms with Gasteiger partial charge in [-0.2, -0.15) is 10.2 Å². The zero-order chi connectivity index (χ0) is 28.4. The number of fused-ring (bicyclic) bond motifs is 2. The van der Waals surface area contributed by atoms with Crippen LogP contribution in [-0.2, 0) is 23.4 Å². The fraction of sp³-hybridized carbons (Fsp3) is 0.370. The summed E-state index contributed by atoms with van der Waals surface area (Å²) in [6.07, 6.45) is -1.01. The largest absolute Gasteiger partial charge is 0.465 e. The second-order valence-corrected chi connectivity index (χ2v) is 11.3. The lowest BCUT2D eigenvalue weighted by Crippen LogP contribution is -2.36. The Morgan fingerprint density at radius 3 is 2.80 bits per heavy atom. The molecule has 0 spiro atoms. The number of nitrogens with one attached hydrogen (secondary N) is 1. The van der Waals surface area contributed by atoms with Crippen molar-refractivity contribution in [2.45, 2.75) is 45.1 Å². The molecule has 1 fully saturated rings. The van der Waals surface area contributed by atoms with Crippen molar-refractivity contribution in [1.29, 1.82) is 0 Å². The first-order valence-electron chi connectivity index (χ1n) is 13.0. The van der Waals surface area contributed by atoms with Crippen molar-refractivity contribution in [3.05, 3.63) is 66.6 Å². The fourth-order valence-electron chi connectivity index (χ4n) is 4.80. The number of nitrogens with two attached hydrogens (primary N) is 1. The van der Waals surface area contributed by atoms with Gasteiger partial charge in [-0.1, -0.05) is 43.3 Å². The third-order valence-electron chi connectivity index (χ3n) is 6.89. The Morgan fingerprint density at radius 1 is 1.23 bits per heavy atom. The lowest BCUT2D eigenvalue weighted by molar-refractivity contribution is -0.144. The van der Waals surface area contributed by atoms with Gasteiger partial charge >= 0.3 is 13.7 Å². The highest BCUT2D eigenvalue weighted by atomic mass is 31.2. The molecule has 12 nitrogen and oxygen atoms in total. The smallest absolute Gasteiger partial charge is 0.459 e. The molecule has 1 saturated heterocycles. The number of carbonyl (C=O) groups is 1. The summed E-state index contributed by atoms with van der Waals surface area (Å²) in [5.74, 6) is -0.338. The number of hydrogen-bond acceptors (Lipinski definition) is 10. The maximum Gasteiger partial charge on any atom is 0.459 e. The molecule has 6 atom stereocenters. The molecule has 0 bridgehead atoms. The zero-order valence-corrected chi connectivity index (χ0v) is 23.2. The second kappa shape index (κ2) is 11.5. The van der Waals surface area contributed by atoms with Gasteiger partial charge in [-0.25, -0.2) is 14.1 Å². The van der Waals surface area contributed by atoms with E-state index in [1.165, 1.54) is 13.3 Å². The van der Waals surface area contributed by atoms with E-state index in [2.05, 4.69) is 15.2 Å². The van der Waals surface area contributed by atoms with Crippen LogP contribution in [0.25, 0.3) is 16.3 Å². The van der Waals surface area contributed by atoms with Crippen LogP contribution >= 0.6 is 7.75 Å². The molecule has 4 N–H and O–H groups in total. The van der Waals surface area contributed by atoms with Crippen LogP contribution in [0.15, 0.2) is 60.9 Å². The summed E-state index contributed by atoms with van der Waals surface area (Å²) in [6, 6.07) is 15.4. The Balaban J connectivity index is 1.38. The zero-order valence-electron chi connectivity index (χ0n) is 22.3. The van der Waals surface area contributed by atoms with Crippen LogP contribution in [0.5, 0.6) is 5.75 Å². The Hall–Kier alpha value is -3.54. The Morgan fingerprint density at radius 2 is 2.00 bits per heavy atom. The SMILES string of the molecule is CCOC(=O)C(C)NP(=O)(OCC1OC(c2ccc3c(N)ncnn23)C(C)C1O)Oc1cccc2ccccc12. The average molecular weight is 570 g/mol. The quantitative estimate of drug-likeness (QED) is 0.189. The first kappa shape index (κ1) is 28.0. The molecule has 5 rings (SSSR count). The minimum absolute atomic E-state index is 0.159. The number of hydrogen-bond donors (Lipinski definition) is 3. The minimum atomic E-state index is -4.19. The van der Waals surface area contributed by atoms with E-state index in [1.54, 1.807) is 29.6 Å². The lowest BCUT2D eigenvalue weighted by atomic mass is 9.97. The molecular weight excluding hydrogens is 537 g/mol. The number of anilines is 1. The Labute approximate surface area is 231 Å². The normalized spacial score (nSPS) is 23.2. The van der Waals surface area contributed by atoms with E-state index in [0.717, 1.165) is 5.39 Å². The number of rotatable bonds is 10. The molecule has 212 valence electrons. The summed E-state index contributed by atoms with van der Waals surface area (Å²) in [5, 5.41) is 19.6. The molecule has 0 amide bonds. The van der Waals surface area contributed by atoms with Crippen LogP contribution in [0.3, 0.4) is 0 Å². The molecule has 13 heteroatoms. The number of aliphatic hydroxyl groups excluding tert-OH is 1. The van der Waals surface area contributed by atoms with Crippen LogP contribution in [0.2, 0.25) is 0 Å². The minimum Gasteiger partial charge on any atom is -0.465 e. The predicted molar refractivity (Wildman–Crippen MR) is 148 cm³/mol. The molecule has 1 aliphatic rings. The van der Waals surface area contributed by atoms with Gasteiger partial charge < -0.3 is 24.8 Å². The highest BCUT2D eigenvalue weighted by Crippen LogP contribution is 2.48. The molecule has 40 heavy (non-hydrogen) atoms. The van der Waals surface area contributed by atoms with E-state index in [4.69, 9.17) is 24.3 Å². The van der Waals surface area contributed by atoms with E-state index in [9.17, 15) is 14.5 Å². The molecule has 2 aromatic carbocycles. The second-order valence-electron chi connectivity index (χ2n) is 9.61. The number of nitrogen functional groups attached to an aromatic ring is 1. The topological polar surface area (TPSA) is 160 Å². The van der Waals surface area contributed by atoms with Crippen LogP contribution in [0, 0.1) is 5.92 Å². The molecule has 0 radical (unpaired) electrons. The van der Waals surface area contributed by atoms with Crippen LogP contribution in [-0.4, -0.2) is 57.1 Å². The van der Waals surface area contributed by atoms with Crippen molar-refractivity contribution in [3.63, 3.8) is 0 Å². The van der Waals surface area contributed by atoms with Gasteiger partial charge in [0, 0.05) is 11.3 Å². The van der Waals surface area contributed by atoms with Gasteiger partial charge in [-0.05, 0) is 37.4 Å². The van der Waals surface area contributed by atoms with Crippen molar-refractivity contribution in [2.24, 2.45) is 5.92 Å². The fourth-order valence-corrected chi connectivity index (χ4v) is 6.32. The summed E-state index contributed by atoms with van der Waals surface area (Å²) >= 11 is 0. The van der Waals surface area contributed by atoms with Gasteiger partial charge in [-0.3, -0.25) is 9.32 Å². The molecule has 0 aliphatic carbocycles. The average Bonchev–Trinajstić information content (AvgIpc) is 3.49. The number of esters is 1. The van der Waals surface area contributed by atoms with Crippen molar-refractivity contribution >= 4 is 35.8 Å². The lowest BCUT2D eigenvalue weighted by Gasteiger charge is -2.25. The first-order valence-corrected chi connectivity index (χ1v) is 14.5. The Bertz CT molecular complexity index is 1560. The summed E-state index contributed by atoms with van der Waals surface area (Å²) in [4.78, 5) is 16.3. The van der Waals surface area contributed by atoms with Gasteiger partial charge in [0.25, 0.3) is 0 Å². The highest BCUT2D eigenvalue weighted by Gasteiger charge is 2.44. The summed E-state index contributed by atoms with van der Waals surface area (Å²) in [6.45, 7) is 4.90. The van der Waals surface area contributed by atoms with E-state index >= 15 is 0 Å². The number of aromatic nitrogens is 3. The van der Waals surface area contributed by atoms with Gasteiger partial charge in [-0.15, -0.1) is 0 Å². The number of carbonyl (C=O) groups excluding carboxylic acids is 1. The van der Waals surface area contributed by atoms with Crippen molar-refractivity contribution < 1.29 is 33.0 Å².